The Hall–Kier alpha value is -8.24. The maximum absolute atomic E-state index is 15.3. The van der Waals surface area contributed by atoms with Crippen LogP contribution < -0.4 is 19.3 Å². The van der Waals surface area contributed by atoms with Crippen molar-refractivity contribution in [2.45, 2.75) is 169 Å². The highest BCUT2D eigenvalue weighted by molar-refractivity contribution is 5.94. The number of anilines is 2. The van der Waals surface area contributed by atoms with Gasteiger partial charge in [-0.3, -0.25) is 19.2 Å². The first-order valence-electron chi connectivity index (χ1n) is 33.8. The highest BCUT2D eigenvalue weighted by atomic mass is 16.6. The quantitative estimate of drug-likeness (QED) is 0.0599. The Bertz CT molecular complexity index is 2960. The molecule has 96 heavy (non-hydrogen) atoms. The summed E-state index contributed by atoms with van der Waals surface area (Å²) in [5.41, 5.74) is 2.99. The van der Waals surface area contributed by atoms with E-state index in [4.69, 9.17) is 37.9 Å². The molecule has 3 heterocycles. The van der Waals surface area contributed by atoms with Crippen LogP contribution in [0.5, 0.6) is 11.5 Å². The van der Waals surface area contributed by atoms with Crippen molar-refractivity contribution in [2.24, 2.45) is 23.7 Å². The van der Waals surface area contributed by atoms with Gasteiger partial charge in [-0.05, 0) is 123 Å². The van der Waals surface area contributed by atoms with Gasteiger partial charge >= 0.3 is 23.9 Å². The van der Waals surface area contributed by atoms with Crippen LogP contribution in [0, 0.1) is 23.7 Å². The summed E-state index contributed by atoms with van der Waals surface area (Å²) in [4.78, 5) is 128. The fourth-order valence-corrected chi connectivity index (χ4v) is 12.1. The zero-order chi connectivity index (χ0) is 69.9. The Morgan fingerprint density at radius 1 is 0.396 bits per heavy atom. The van der Waals surface area contributed by atoms with Gasteiger partial charge in [0.15, 0.2) is 24.4 Å². The molecule has 3 aliphatic heterocycles. The van der Waals surface area contributed by atoms with Gasteiger partial charge in [0.25, 0.3) is 23.6 Å². The number of para-hydroxylation sites is 2. The lowest BCUT2D eigenvalue weighted by Crippen LogP contribution is -2.55. The number of nitrogens with zero attached hydrogens (tertiary/aromatic N) is 6. The number of carbonyl (C=O) groups excluding carboxylic acids is 8. The van der Waals surface area contributed by atoms with Crippen LogP contribution in [0.15, 0.2) is 109 Å². The van der Waals surface area contributed by atoms with Gasteiger partial charge in [0, 0.05) is 78.6 Å². The van der Waals surface area contributed by atoms with Crippen LogP contribution in [0.4, 0.5) is 11.4 Å². The number of ether oxygens (including phenoxy) is 8. The Morgan fingerprint density at radius 2 is 0.688 bits per heavy atom. The third-order valence-corrected chi connectivity index (χ3v) is 17.6. The number of morpholine rings is 2. The van der Waals surface area contributed by atoms with Gasteiger partial charge in [-0.15, -0.1) is 0 Å². The van der Waals surface area contributed by atoms with E-state index in [9.17, 15) is 28.8 Å². The highest BCUT2D eigenvalue weighted by Crippen LogP contribution is 2.28. The summed E-state index contributed by atoms with van der Waals surface area (Å²) in [6.07, 6.45) is -6.59. The minimum absolute atomic E-state index is 0.0686. The number of amides is 4. The first-order valence-corrected chi connectivity index (χ1v) is 33.8. The molecule has 10 atom stereocenters. The molecule has 4 aromatic carbocycles. The first kappa shape index (κ1) is 75.1. The maximum Gasteiger partial charge on any atom is 0.329 e. The second kappa shape index (κ2) is 35.7. The Balaban J connectivity index is 1.20. The minimum Gasteiger partial charge on any atom is -0.491 e. The molecule has 0 aromatic heterocycles. The molecule has 3 aliphatic rings. The molecular formula is C74H102N6O16. The lowest BCUT2D eigenvalue weighted by Gasteiger charge is -2.35. The topological polar surface area (TPSA) is 230 Å². The lowest BCUT2D eigenvalue weighted by molar-refractivity contribution is -0.176. The molecular weight excluding hydrogens is 1230 g/mol. The predicted octanol–water partition coefficient (Wildman–Crippen LogP) is 8.23. The molecule has 4 amide bonds. The van der Waals surface area contributed by atoms with Gasteiger partial charge in [-0.1, -0.05) is 116 Å². The van der Waals surface area contributed by atoms with Crippen LogP contribution in [0.1, 0.15) is 106 Å². The molecule has 7 rings (SSSR count). The molecule has 2 unspecified atom stereocenters. The molecule has 3 fully saturated rings. The number of carbonyl (C=O) groups is 8. The van der Waals surface area contributed by atoms with Gasteiger partial charge in [-0.2, -0.15) is 0 Å². The van der Waals surface area contributed by atoms with Crippen LogP contribution in [0.2, 0.25) is 0 Å². The van der Waals surface area contributed by atoms with Crippen LogP contribution in [0.25, 0.3) is 0 Å². The molecule has 524 valence electrons. The fourth-order valence-electron chi connectivity index (χ4n) is 12.1. The molecule has 0 spiro atoms. The molecule has 22 heteroatoms. The molecule has 22 nitrogen and oxygen atoms in total. The lowest BCUT2D eigenvalue weighted by atomic mass is 9.99. The molecule has 3 saturated heterocycles. The fraction of sp³-hybridized carbons (Fsp3) is 0.568. The monoisotopic (exact) mass is 1330 g/mol. The summed E-state index contributed by atoms with van der Waals surface area (Å²) in [5.74, 6) is -6.09. The van der Waals surface area contributed by atoms with Gasteiger partial charge in [0.1, 0.15) is 61.1 Å². The average molecular weight is 1330 g/mol. The highest BCUT2D eigenvalue weighted by Gasteiger charge is 2.43. The van der Waals surface area contributed by atoms with Crippen molar-refractivity contribution < 1.29 is 76.3 Å². The first-order chi connectivity index (χ1) is 45.7. The van der Waals surface area contributed by atoms with Crippen LogP contribution in [-0.4, -0.2) is 209 Å². The minimum atomic E-state index is -1.56. The third kappa shape index (κ3) is 21.4. The van der Waals surface area contributed by atoms with E-state index in [1.165, 1.54) is 51.8 Å². The van der Waals surface area contributed by atoms with Gasteiger partial charge in [0.05, 0.1) is 13.2 Å². The summed E-state index contributed by atoms with van der Waals surface area (Å²) in [5, 5.41) is 0. The summed E-state index contributed by atoms with van der Waals surface area (Å²) in [6.45, 7) is 21.6. The van der Waals surface area contributed by atoms with E-state index in [1.54, 1.807) is 0 Å². The number of rotatable bonds is 20. The largest absolute Gasteiger partial charge is 0.491 e. The normalized spacial score (nSPS) is 24.7. The van der Waals surface area contributed by atoms with Crippen molar-refractivity contribution in [1.29, 1.82) is 0 Å². The summed E-state index contributed by atoms with van der Waals surface area (Å²) in [7, 11) is 5.60. The standard InChI is InChI=1S/C74H102N6O16/c1-47(2)37-61-71(85)93-51(9)67(81)75(11)64(40-50(7)8)74(88)96-66(42-54-27-31-56(32-28-54)80-34-36-90-60(44-80)46-92-58-23-19-16-20-24-58)70(84)78(14)62(38-48(3)4)72(86)94-52(10)68(82)76(12)63(39-49(5)6)73(87)95-65(69(83)77(61)13)41-53-25-29-55(30-26-53)79-33-35-89-59(43-79)45-91-57-21-17-15-18-22-57/h15-32,47-52,59-66H,33-46H2,1-14H3/t51-,52-,59?,60?,61+,62+,63+,64+,65-,66-/m1/s1. The van der Waals surface area contributed by atoms with Crippen molar-refractivity contribution in [3.8, 4) is 11.5 Å². The Morgan fingerprint density at radius 3 is 0.990 bits per heavy atom. The van der Waals surface area contributed by atoms with E-state index in [0.29, 0.717) is 63.7 Å². The van der Waals surface area contributed by atoms with Crippen molar-refractivity contribution in [3.63, 3.8) is 0 Å². The number of hydrogen-bond acceptors (Lipinski definition) is 18. The summed E-state index contributed by atoms with van der Waals surface area (Å²) < 4.78 is 48.7. The molecule has 0 radical (unpaired) electrons. The van der Waals surface area contributed by atoms with E-state index in [1.807, 2.05) is 165 Å². The molecule has 0 saturated carbocycles. The van der Waals surface area contributed by atoms with Crippen LogP contribution in [0.3, 0.4) is 0 Å². The Kier molecular flexibility index (Phi) is 27.9. The second-order valence-electron chi connectivity index (χ2n) is 27.3. The van der Waals surface area contributed by atoms with E-state index >= 15 is 9.59 Å². The average Bonchev–Trinajstić information content (AvgIpc) is 0.841. The number of likely N-dealkylation sites (N-methyl/N-ethyl adjacent to an activating group) is 4. The number of esters is 4. The molecule has 0 N–H and O–H groups in total. The smallest absolute Gasteiger partial charge is 0.329 e. The SMILES string of the molecule is CC(C)C[C@H]1C(=O)O[C@H](Cc2ccc(N3CCOC(COc4ccccc4)C3)cc2)C(=O)N(C)[C@@H](CC(C)C)C(=O)O[C@H](C)C(=O)N(C)[C@@H](CC(C)C)C(=O)O[C@H](Cc2ccc(N3CCOC(COc4ccccc4)C3)cc2)C(=O)N(C)[C@@H](CC(C)C)C(=O)O[C@H](C)C(=O)N1C. The maximum atomic E-state index is 15.3. The number of cyclic esters (lactones) is 4. The van der Waals surface area contributed by atoms with E-state index in [0.717, 1.165) is 32.7 Å². The van der Waals surface area contributed by atoms with E-state index in [-0.39, 0.29) is 74.4 Å². The Labute approximate surface area is 567 Å². The van der Waals surface area contributed by atoms with Crippen molar-refractivity contribution in [3.05, 3.63) is 120 Å². The van der Waals surface area contributed by atoms with Crippen LogP contribution in [-0.2, 0) is 79.6 Å². The number of benzene rings is 4. The van der Waals surface area contributed by atoms with Crippen molar-refractivity contribution in [1.82, 2.24) is 19.6 Å². The predicted molar refractivity (Wildman–Crippen MR) is 363 cm³/mol. The van der Waals surface area contributed by atoms with Gasteiger partial charge in [-0.25, -0.2) is 19.2 Å². The number of hydrogen-bond donors (Lipinski definition) is 0. The molecule has 0 bridgehead atoms. The zero-order valence-corrected chi connectivity index (χ0v) is 58.6. The van der Waals surface area contributed by atoms with Crippen molar-refractivity contribution >= 4 is 58.9 Å². The summed E-state index contributed by atoms with van der Waals surface area (Å²) >= 11 is 0. The van der Waals surface area contributed by atoms with Gasteiger partial charge < -0.3 is 67.3 Å². The van der Waals surface area contributed by atoms with Gasteiger partial charge in [0.2, 0.25) is 0 Å². The van der Waals surface area contributed by atoms with E-state index in [2.05, 4.69) is 9.80 Å². The third-order valence-electron chi connectivity index (χ3n) is 17.6. The van der Waals surface area contributed by atoms with Crippen molar-refractivity contribution in [2.75, 3.05) is 90.6 Å². The van der Waals surface area contributed by atoms with Crippen LogP contribution >= 0.6 is 0 Å². The van der Waals surface area contributed by atoms with E-state index < -0.39 is 96.1 Å². The molecule has 4 aromatic rings. The second-order valence-corrected chi connectivity index (χ2v) is 27.3. The zero-order valence-electron chi connectivity index (χ0n) is 58.6. The summed E-state index contributed by atoms with van der Waals surface area (Å²) in [6, 6.07) is 28.7. The molecule has 0 aliphatic carbocycles.